The van der Waals surface area contributed by atoms with E-state index in [9.17, 15) is 0 Å². The van der Waals surface area contributed by atoms with E-state index in [0.29, 0.717) is 0 Å². The number of hydrogen-bond donors (Lipinski definition) is 0. The predicted molar refractivity (Wildman–Crippen MR) is 121 cm³/mol. The Labute approximate surface area is 201 Å². The second-order valence-electron chi connectivity index (χ2n) is 6.64. The maximum absolute atomic E-state index is 3.25. The van der Waals surface area contributed by atoms with Gasteiger partial charge < -0.3 is 24.8 Å². The van der Waals surface area contributed by atoms with E-state index in [2.05, 4.69) is 114 Å². The monoisotopic (exact) mass is 462 g/mol. The van der Waals surface area contributed by atoms with E-state index in [0.717, 1.165) is 0 Å². The summed E-state index contributed by atoms with van der Waals surface area (Å²) < 4.78 is 0. The Hall–Kier alpha value is -2.22. The summed E-state index contributed by atoms with van der Waals surface area (Å²) in [5, 5.41) is 10.8. The second-order valence-corrected chi connectivity index (χ2v) is 6.64. The minimum Gasteiger partial charge on any atom is -1.00 e. The first-order valence-corrected chi connectivity index (χ1v) is 10.4. The van der Waals surface area contributed by atoms with Crippen LogP contribution in [0, 0.1) is 0 Å². The van der Waals surface area contributed by atoms with Gasteiger partial charge in [-0.3, -0.25) is 0 Å². The largest absolute Gasteiger partial charge is 1.00 e. The van der Waals surface area contributed by atoms with Gasteiger partial charge in [-0.05, 0) is 0 Å². The van der Waals surface area contributed by atoms with Gasteiger partial charge in [0.15, 0.2) is 0 Å². The van der Waals surface area contributed by atoms with E-state index in [1.54, 1.807) is 20.0 Å². The van der Waals surface area contributed by atoms with Crippen LogP contribution in [-0.4, -0.2) is 4.82 Å². The summed E-state index contributed by atoms with van der Waals surface area (Å²) in [6.07, 6.45) is 0. The van der Waals surface area contributed by atoms with Crippen molar-refractivity contribution >= 4 is 47.9 Å². The number of rotatable bonds is 0. The van der Waals surface area contributed by atoms with Gasteiger partial charge in [-0.1, -0.05) is 72.8 Å². The van der Waals surface area contributed by atoms with Gasteiger partial charge in [0.2, 0.25) is 0 Å². The molecule has 0 amide bonds. The molecule has 0 unspecified atom stereocenters. The molecule has 0 aromatic heterocycles. The smallest absolute Gasteiger partial charge is 0.0771 e. The van der Waals surface area contributed by atoms with Gasteiger partial charge in [0.1, 0.15) is 0 Å². The van der Waals surface area contributed by atoms with Gasteiger partial charge in [-0.15, -0.1) is 79.5 Å². The first kappa shape index (κ1) is 24.1. The molecule has 0 nitrogen and oxygen atoms in total. The van der Waals surface area contributed by atoms with E-state index in [4.69, 9.17) is 0 Å². The SMILES string of the molecule is [CH2]=[Ti+2].[Cl-].[Cl-].c1ccc2c(c1)[cH-]c1ccccc12.c1ccc2c(c1)[cH-]c1ccccc12. The van der Waals surface area contributed by atoms with Crippen molar-refractivity contribution in [1.82, 2.24) is 0 Å². The van der Waals surface area contributed by atoms with Crippen LogP contribution in [0.5, 0.6) is 0 Å². The van der Waals surface area contributed by atoms with Crippen LogP contribution < -0.4 is 24.8 Å². The molecular formula is C27H20Cl2Ti-2. The molecule has 0 aliphatic rings. The Balaban J connectivity index is 0.000000186. The van der Waals surface area contributed by atoms with Crippen LogP contribution >= 0.6 is 0 Å². The molecule has 0 atom stereocenters. The zero-order chi connectivity index (χ0) is 19.3. The first-order chi connectivity index (χ1) is 13.9. The van der Waals surface area contributed by atoms with Crippen molar-refractivity contribution in [3.05, 3.63) is 109 Å². The third kappa shape index (κ3) is 4.74. The van der Waals surface area contributed by atoms with Crippen molar-refractivity contribution in [2.45, 2.75) is 0 Å². The first-order valence-electron chi connectivity index (χ1n) is 9.32. The normalized spacial score (nSPS) is 9.80. The average Bonchev–Trinajstić information content (AvgIpc) is 3.34. The average molecular weight is 463 g/mol. The van der Waals surface area contributed by atoms with Gasteiger partial charge in [-0.2, -0.15) is 0 Å². The van der Waals surface area contributed by atoms with Crippen molar-refractivity contribution < 1.29 is 44.8 Å². The van der Waals surface area contributed by atoms with E-state index < -0.39 is 0 Å². The van der Waals surface area contributed by atoms with E-state index >= 15 is 0 Å². The predicted octanol–water partition coefficient (Wildman–Crippen LogP) is 1.40. The molecule has 0 heterocycles. The molecule has 0 saturated carbocycles. The molecule has 6 aromatic carbocycles. The molecule has 0 radical (unpaired) electrons. The van der Waals surface area contributed by atoms with E-state index in [1.165, 1.54) is 43.1 Å². The van der Waals surface area contributed by atoms with Gasteiger partial charge in [0.05, 0.1) is 0 Å². The molecule has 6 rings (SSSR count). The summed E-state index contributed by atoms with van der Waals surface area (Å²) in [5.74, 6) is 0. The Bertz CT molecular complexity index is 1150. The van der Waals surface area contributed by atoms with Crippen LogP contribution in [-0.2, 0) is 20.0 Å². The summed E-state index contributed by atoms with van der Waals surface area (Å²) in [7, 11) is 0. The maximum Gasteiger partial charge on any atom is -0.0771 e. The molecule has 6 aromatic rings. The van der Waals surface area contributed by atoms with Crippen molar-refractivity contribution in [3.8, 4) is 0 Å². The summed E-state index contributed by atoms with van der Waals surface area (Å²) in [5.41, 5.74) is 0. The Morgan fingerprint density at radius 2 is 0.600 bits per heavy atom. The minimum absolute atomic E-state index is 0. The summed E-state index contributed by atoms with van der Waals surface area (Å²) >= 11 is 1.75. The van der Waals surface area contributed by atoms with Crippen molar-refractivity contribution in [2.75, 3.05) is 0 Å². The molecule has 0 aliphatic heterocycles. The van der Waals surface area contributed by atoms with E-state index in [-0.39, 0.29) is 24.8 Å². The maximum atomic E-state index is 3.25. The van der Waals surface area contributed by atoms with Gasteiger partial charge in [-0.25, -0.2) is 0 Å². The molecule has 148 valence electrons. The van der Waals surface area contributed by atoms with Crippen LogP contribution in [0.3, 0.4) is 0 Å². The fourth-order valence-corrected chi connectivity index (χ4v) is 3.81. The van der Waals surface area contributed by atoms with Crippen LogP contribution in [0.4, 0.5) is 0 Å². The number of benzene rings is 4. The molecule has 0 fully saturated rings. The van der Waals surface area contributed by atoms with Gasteiger partial charge in [0.25, 0.3) is 0 Å². The molecule has 0 bridgehead atoms. The molecule has 0 N–H and O–H groups in total. The molecular weight excluding hydrogens is 443 g/mol. The van der Waals surface area contributed by atoms with Crippen molar-refractivity contribution in [2.24, 2.45) is 0 Å². The third-order valence-corrected chi connectivity index (χ3v) is 5.05. The number of fused-ring (bicyclic) bond motifs is 6. The molecule has 0 aliphatic carbocycles. The second kappa shape index (κ2) is 11.3. The van der Waals surface area contributed by atoms with Gasteiger partial charge >= 0.3 is 24.8 Å². The van der Waals surface area contributed by atoms with Crippen molar-refractivity contribution in [1.29, 1.82) is 0 Å². The standard InChI is InChI=1S/2C13H9.CH2.2ClH.Ti/c2*1-3-7-12-10(5-1)9-11-6-2-4-8-13(11)12;;;;/h2*1-9H;1H2;2*1H;/q2*-1;;;;+2/p-2. The number of halogens is 2. The topological polar surface area (TPSA) is 0 Å². The zero-order valence-electron chi connectivity index (χ0n) is 16.4. The molecule has 3 heteroatoms. The Kier molecular flexibility index (Phi) is 9.02. The molecule has 0 saturated heterocycles. The van der Waals surface area contributed by atoms with Gasteiger partial charge in [0, 0.05) is 0 Å². The Morgan fingerprint density at radius 3 is 0.833 bits per heavy atom. The third-order valence-electron chi connectivity index (χ3n) is 5.05. The van der Waals surface area contributed by atoms with Crippen molar-refractivity contribution in [3.63, 3.8) is 0 Å². The van der Waals surface area contributed by atoms with Crippen LogP contribution in [0.1, 0.15) is 0 Å². The van der Waals surface area contributed by atoms with Crippen LogP contribution in [0.15, 0.2) is 109 Å². The van der Waals surface area contributed by atoms with Crippen LogP contribution in [0.25, 0.3) is 43.1 Å². The molecule has 0 spiro atoms. The Morgan fingerprint density at radius 1 is 0.400 bits per heavy atom. The van der Waals surface area contributed by atoms with Crippen LogP contribution in [0.2, 0.25) is 0 Å². The fourth-order valence-electron chi connectivity index (χ4n) is 3.81. The van der Waals surface area contributed by atoms with E-state index in [1.807, 2.05) is 0 Å². The fraction of sp³-hybridized carbons (Fsp3) is 0. The minimum atomic E-state index is 0. The summed E-state index contributed by atoms with van der Waals surface area (Å²) in [4.78, 5) is 3.25. The molecule has 30 heavy (non-hydrogen) atoms. The summed E-state index contributed by atoms with van der Waals surface area (Å²) in [6.45, 7) is 0. The summed E-state index contributed by atoms with van der Waals surface area (Å²) in [6, 6.07) is 38.5. The number of hydrogen-bond acceptors (Lipinski definition) is 0. The quantitative estimate of drug-likeness (QED) is 0.236. The zero-order valence-corrected chi connectivity index (χ0v) is 19.4.